The predicted octanol–water partition coefficient (Wildman–Crippen LogP) is 2.31. The summed E-state index contributed by atoms with van der Waals surface area (Å²) in [4.78, 5) is 25.8. The lowest BCUT2D eigenvalue weighted by atomic mass is 10.1. The molecule has 0 aliphatic carbocycles. The van der Waals surface area contributed by atoms with Crippen molar-refractivity contribution in [2.75, 3.05) is 4.90 Å². The fourth-order valence-electron chi connectivity index (χ4n) is 2.27. The van der Waals surface area contributed by atoms with E-state index < -0.39 is 0 Å². The Bertz CT molecular complexity index is 608. The first-order chi connectivity index (χ1) is 8.74. The third kappa shape index (κ3) is 1.32. The van der Waals surface area contributed by atoms with Crippen LogP contribution in [0.15, 0.2) is 42.6 Å². The van der Waals surface area contributed by atoms with Crippen molar-refractivity contribution < 1.29 is 9.59 Å². The second-order valence-corrected chi connectivity index (χ2v) is 4.14. The standard InChI is InChI=1S/C14H12N2O2/c1-2-15-9-5-8-12(15)16-13(17)10-6-3-4-7-11(10)14(16)18/h3-9H,2H2,1H3. The SMILES string of the molecule is CCn1cccc1N1C(=O)c2ccccc2C1=O. The van der Waals surface area contributed by atoms with E-state index in [-0.39, 0.29) is 11.8 Å². The lowest BCUT2D eigenvalue weighted by Gasteiger charge is -2.15. The third-order valence-corrected chi connectivity index (χ3v) is 3.17. The molecule has 90 valence electrons. The highest BCUT2D eigenvalue weighted by molar-refractivity contribution is 6.34. The van der Waals surface area contributed by atoms with Gasteiger partial charge in [0.2, 0.25) is 0 Å². The monoisotopic (exact) mass is 240 g/mol. The third-order valence-electron chi connectivity index (χ3n) is 3.17. The highest BCUT2D eigenvalue weighted by Gasteiger charge is 2.37. The first-order valence-corrected chi connectivity index (χ1v) is 5.87. The lowest BCUT2D eigenvalue weighted by Crippen LogP contribution is -2.31. The van der Waals surface area contributed by atoms with Crippen molar-refractivity contribution in [3.8, 4) is 0 Å². The van der Waals surface area contributed by atoms with Crippen LogP contribution < -0.4 is 4.90 Å². The number of carbonyl (C=O) groups is 2. The van der Waals surface area contributed by atoms with Crippen LogP contribution in [0.3, 0.4) is 0 Å². The molecule has 0 fully saturated rings. The number of aryl methyl sites for hydroxylation is 1. The minimum Gasteiger partial charge on any atom is -0.334 e. The van der Waals surface area contributed by atoms with Crippen LogP contribution in [0.1, 0.15) is 27.6 Å². The second-order valence-electron chi connectivity index (χ2n) is 4.14. The van der Waals surface area contributed by atoms with Crippen LogP contribution >= 0.6 is 0 Å². The fourth-order valence-corrected chi connectivity index (χ4v) is 2.27. The molecule has 1 aromatic heterocycles. The summed E-state index contributed by atoms with van der Waals surface area (Å²) in [6, 6.07) is 10.5. The number of imide groups is 1. The molecule has 0 saturated heterocycles. The summed E-state index contributed by atoms with van der Waals surface area (Å²) in [6.45, 7) is 2.69. The number of anilines is 1. The molecule has 2 heterocycles. The maximum atomic E-state index is 12.3. The van der Waals surface area contributed by atoms with E-state index in [0.717, 1.165) is 6.54 Å². The second kappa shape index (κ2) is 3.84. The number of rotatable bonds is 2. The summed E-state index contributed by atoms with van der Waals surface area (Å²) < 4.78 is 1.88. The van der Waals surface area contributed by atoms with Crippen LogP contribution in [0.2, 0.25) is 0 Å². The Morgan fingerprint density at radius 3 is 2.11 bits per heavy atom. The Labute approximate surface area is 104 Å². The maximum Gasteiger partial charge on any atom is 0.267 e. The van der Waals surface area contributed by atoms with Crippen LogP contribution in [-0.4, -0.2) is 16.4 Å². The van der Waals surface area contributed by atoms with Gasteiger partial charge in [-0.05, 0) is 31.2 Å². The van der Waals surface area contributed by atoms with E-state index in [1.807, 2.05) is 23.8 Å². The van der Waals surface area contributed by atoms with Crippen molar-refractivity contribution in [2.24, 2.45) is 0 Å². The van der Waals surface area contributed by atoms with Crippen molar-refractivity contribution >= 4 is 17.6 Å². The van der Waals surface area contributed by atoms with E-state index in [4.69, 9.17) is 0 Å². The number of aromatic nitrogens is 1. The number of amides is 2. The van der Waals surface area contributed by atoms with Crippen LogP contribution in [0.25, 0.3) is 0 Å². The van der Waals surface area contributed by atoms with Gasteiger partial charge in [0.1, 0.15) is 5.82 Å². The summed E-state index contributed by atoms with van der Waals surface area (Å²) in [5, 5.41) is 0. The minimum absolute atomic E-state index is 0.246. The van der Waals surface area contributed by atoms with Crippen molar-refractivity contribution in [3.05, 3.63) is 53.7 Å². The van der Waals surface area contributed by atoms with Gasteiger partial charge in [-0.2, -0.15) is 0 Å². The Kier molecular flexibility index (Phi) is 2.30. The molecule has 4 heteroatoms. The Morgan fingerprint density at radius 1 is 0.944 bits per heavy atom. The first-order valence-electron chi connectivity index (χ1n) is 5.87. The van der Waals surface area contributed by atoms with E-state index in [9.17, 15) is 9.59 Å². The number of hydrogen-bond acceptors (Lipinski definition) is 2. The first kappa shape index (κ1) is 10.8. The highest BCUT2D eigenvalue weighted by atomic mass is 16.2. The molecule has 1 aromatic carbocycles. The van der Waals surface area contributed by atoms with Gasteiger partial charge in [0.15, 0.2) is 0 Å². The topological polar surface area (TPSA) is 42.3 Å². The molecule has 0 saturated carbocycles. The normalized spacial score (nSPS) is 14.2. The number of carbonyl (C=O) groups excluding carboxylic acids is 2. The van der Waals surface area contributed by atoms with Gasteiger partial charge < -0.3 is 4.57 Å². The predicted molar refractivity (Wildman–Crippen MR) is 67.7 cm³/mol. The molecule has 0 bridgehead atoms. The molecular formula is C14H12N2O2. The quantitative estimate of drug-likeness (QED) is 0.756. The maximum absolute atomic E-state index is 12.3. The van der Waals surface area contributed by atoms with E-state index in [0.29, 0.717) is 16.9 Å². The zero-order valence-corrected chi connectivity index (χ0v) is 9.96. The molecule has 4 nitrogen and oxygen atoms in total. The van der Waals surface area contributed by atoms with Gasteiger partial charge in [-0.15, -0.1) is 0 Å². The van der Waals surface area contributed by atoms with Gasteiger partial charge in [0.25, 0.3) is 11.8 Å². The Morgan fingerprint density at radius 2 is 1.56 bits per heavy atom. The molecule has 2 amide bonds. The molecule has 0 radical (unpaired) electrons. The summed E-state index contributed by atoms with van der Waals surface area (Å²) in [6.07, 6.45) is 1.86. The fraction of sp³-hybridized carbons (Fsp3) is 0.143. The molecule has 0 spiro atoms. The van der Waals surface area contributed by atoms with Gasteiger partial charge in [-0.1, -0.05) is 12.1 Å². The Hall–Kier alpha value is -2.36. The number of fused-ring (bicyclic) bond motifs is 1. The van der Waals surface area contributed by atoms with Gasteiger partial charge in [-0.3, -0.25) is 9.59 Å². The molecule has 1 aliphatic heterocycles. The smallest absolute Gasteiger partial charge is 0.267 e. The van der Waals surface area contributed by atoms with Crippen molar-refractivity contribution in [3.63, 3.8) is 0 Å². The molecule has 0 atom stereocenters. The molecule has 3 rings (SSSR count). The summed E-state index contributed by atoms with van der Waals surface area (Å²) in [5.74, 6) is 0.136. The molecule has 0 unspecified atom stereocenters. The summed E-state index contributed by atoms with van der Waals surface area (Å²) in [7, 11) is 0. The van der Waals surface area contributed by atoms with Crippen LogP contribution in [0, 0.1) is 0 Å². The van der Waals surface area contributed by atoms with E-state index in [1.54, 1.807) is 30.3 Å². The minimum atomic E-state index is -0.246. The van der Waals surface area contributed by atoms with Crippen molar-refractivity contribution in [1.82, 2.24) is 4.57 Å². The van der Waals surface area contributed by atoms with Crippen LogP contribution in [0.4, 0.5) is 5.82 Å². The molecular weight excluding hydrogens is 228 g/mol. The molecule has 18 heavy (non-hydrogen) atoms. The number of hydrogen-bond donors (Lipinski definition) is 0. The van der Waals surface area contributed by atoms with E-state index in [1.165, 1.54) is 4.90 Å². The lowest BCUT2D eigenvalue weighted by molar-refractivity contribution is 0.0924. The largest absolute Gasteiger partial charge is 0.334 e. The zero-order chi connectivity index (χ0) is 12.7. The molecule has 2 aromatic rings. The van der Waals surface area contributed by atoms with Crippen molar-refractivity contribution in [2.45, 2.75) is 13.5 Å². The molecule has 1 aliphatic rings. The highest BCUT2D eigenvalue weighted by Crippen LogP contribution is 2.28. The number of benzene rings is 1. The van der Waals surface area contributed by atoms with Gasteiger partial charge in [0.05, 0.1) is 11.1 Å². The molecule has 0 N–H and O–H groups in total. The van der Waals surface area contributed by atoms with Crippen LogP contribution in [0.5, 0.6) is 0 Å². The van der Waals surface area contributed by atoms with Crippen molar-refractivity contribution in [1.29, 1.82) is 0 Å². The van der Waals surface area contributed by atoms with E-state index >= 15 is 0 Å². The Balaban J connectivity index is 2.13. The van der Waals surface area contributed by atoms with E-state index in [2.05, 4.69) is 0 Å². The summed E-state index contributed by atoms with van der Waals surface area (Å²) in [5.41, 5.74) is 0.956. The average Bonchev–Trinajstić information content (AvgIpc) is 2.95. The van der Waals surface area contributed by atoms with Crippen LogP contribution in [-0.2, 0) is 6.54 Å². The zero-order valence-electron chi connectivity index (χ0n) is 9.96. The van der Waals surface area contributed by atoms with Gasteiger partial charge >= 0.3 is 0 Å². The number of nitrogens with zero attached hydrogens (tertiary/aromatic N) is 2. The average molecular weight is 240 g/mol. The van der Waals surface area contributed by atoms with Gasteiger partial charge in [-0.25, -0.2) is 4.90 Å². The summed E-state index contributed by atoms with van der Waals surface area (Å²) >= 11 is 0. The van der Waals surface area contributed by atoms with Gasteiger partial charge in [0, 0.05) is 12.7 Å².